The summed E-state index contributed by atoms with van der Waals surface area (Å²) in [6, 6.07) is 6.75. The van der Waals surface area contributed by atoms with E-state index in [4.69, 9.17) is 10.00 Å². The molecular formula is C15H14F2N4O2. The van der Waals surface area contributed by atoms with Gasteiger partial charge in [0.25, 0.3) is 0 Å². The molecule has 0 bridgehead atoms. The summed E-state index contributed by atoms with van der Waals surface area (Å²) in [5.41, 5.74) is 0.679. The second-order valence-corrected chi connectivity index (χ2v) is 4.31. The van der Waals surface area contributed by atoms with Crippen LogP contribution in [0.25, 0.3) is 0 Å². The van der Waals surface area contributed by atoms with Crippen molar-refractivity contribution < 1.29 is 18.3 Å². The molecule has 0 spiro atoms. The van der Waals surface area contributed by atoms with Gasteiger partial charge in [-0.25, -0.2) is 9.97 Å². The number of nitrogens with zero attached hydrogens (tertiary/aromatic N) is 3. The Labute approximate surface area is 131 Å². The minimum absolute atomic E-state index is 0.0153. The van der Waals surface area contributed by atoms with Crippen molar-refractivity contribution in [2.45, 2.75) is 20.1 Å². The Hall–Kier alpha value is -2.95. The smallest absolute Gasteiger partial charge is 0.387 e. The summed E-state index contributed by atoms with van der Waals surface area (Å²) in [6.45, 7) is -0.685. The molecule has 0 aliphatic heterocycles. The van der Waals surface area contributed by atoms with Crippen molar-refractivity contribution in [3.63, 3.8) is 0 Å². The highest BCUT2D eigenvalue weighted by atomic mass is 19.3. The molecule has 0 unspecified atom stereocenters. The van der Waals surface area contributed by atoms with Crippen molar-refractivity contribution >= 4 is 5.82 Å². The van der Waals surface area contributed by atoms with E-state index in [0.717, 1.165) is 0 Å². The molecule has 8 heteroatoms. The number of rotatable bonds is 7. The van der Waals surface area contributed by atoms with Crippen molar-refractivity contribution in [2.24, 2.45) is 0 Å². The number of benzene rings is 1. The van der Waals surface area contributed by atoms with Crippen LogP contribution in [0.2, 0.25) is 0 Å². The van der Waals surface area contributed by atoms with Crippen molar-refractivity contribution in [2.75, 3.05) is 11.9 Å². The first-order chi connectivity index (χ1) is 11.1. The Morgan fingerprint density at radius 2 is 2.13 bits per heavy atom. The van der Waals surface area contributed by atoms with Crippen LogP contribution in [0.15, 0.2) is 30.6 Å². The number of halogens is 2. The van der Waals surface area contributed by atoms with E-state index in [-0.39, 0.29) is 23.7 Å². The standard InChI is InChI=1S/C15H14F2N4O2/c1-2-22-12-5-3-4-10(14(12)23-15(16)17)7-20-13-9-19-11(6-18)8-21-13/h3-5,8-9,15H,2,7H2,1H3,(H,20,21). The Kier molecular flexibility index (Phi) is 5.63. The van der Waals surface area contributed by atoms with Crippen LogP contribution in [0.5, 0.6) is 11.5 Å². The number of alkyl halides is 2. The fourth-order valence-electron chi connectivity index (χ4n) is 1.86. The molecule has 1 aromatic heterocycles. The maximum absolute atomic E-state index is 12.6. The normalized spacial score (nSPS) is 10.2. The van der Waals surface area contributed by atoms with E-state index in [1.807, 2.05) is 6.07 Å². The lowest BCUT2D eigenvalue weighted by atomic mass is 10.2. The van der Waals surface area contributed by atoms with Gasteiger partial charge >= 0.3 is 6.61 Å². The number of para-hydroxylation sites is 1. The molecule has 1 heterocycles. The molecule has 2 aromatic rings. The summed E-state index contributed by atoms with van der Waals surface area (Å²) in [6.07, 6.45) is 2.70. The fraction of sp³-hybridized carbons (Fsp3) is 0.267. The lowest BCUT2D eigenvalue weighted by Crippen LogP contribution is -2.10. The largest absolute Gasteiger partial charge is 0.490 e. The molecule has 0 amide bonds. The SMILES string of the molecule is CCOc1cccc(CNc2cnc(C#N)cn2)c1OC(F)F. The van der Waals surface area contributed by atoms with Gasteiger partial charge in [0.05, 0.1) is 19.0 Å². The van der Waals surface area contributed by atoms with Crippen molar-refractivity contribution in [3.05, 3.63) is 41.9 Å². The Balaban J connectivity index is 2.17. The highest BCUT2D eigenvalue weighted by molar-refractivity contribution is 5.48. The van der Waals surface area contributed by atoms with E-state index >= 15 is 0 Å². The molecule has 6 nitrogen and oxygen atoms in total. The molecule has 0 aliphatic rings. The van der Waals surface area contributed by atoms with Gasteiger partial charge in [0.15, 0.2) is 17.2 Å². The van der Waals surface area contributed by atoms with Crippen LogP contribution in [0.4, 0.5) is 14.6 Å². The lowest BCUT2D eigenvalue weighted by Gasteiger charge is -2.15. The fourth-order valence-corrected chi connectivity index (χ4v) is 1.86. The summed E-state index contributed by atoms with van der Waals surface area (Å²) >= 11 is 0. The molecule has 0 atom stereocenters. The Morgan fingerprint density at radius 1 is 1.30 bits per heavy atom. The van der Waals surface area contributed by atoms with Crippen molar-refractivity contribution in [3.8, 4) is 17.6 Å². The number of hydrogen-bond donors (Lipinski definition) is 1. The highest BCUT2D eigenvalue weighted by Gasteiger charge is 2.15. The van der Waals surface area contributed by atoms with Gasteiger partial charge in [0, 0.05) is 12.1 Å². The van der Waals surface area contributed by atoms with Crippen LogP contribution >= 0.6 is 0 Å². The van der Waals surface area contributed by atoms with E-state index in [0.29, 0.717) is 18.0 Å². The van der Waals surface area contributed by atoms with Gasteiger partial charge in [0.1, 0.15) is 11.9 Å². The van der Waals surface area contributed by atoms with Crippen LogP contribution < -0.4 is 14.8 Å². The molecule has 23 heavy (non-hydrogen) atoms. The van der Waals surface area contributed by atoms with Gasteiger partial charge in [-0.2, -0.15) is 14.0 Å². The predicted molar refractivity (Wildman–Crippen MR) is 78.3 cm³/mol. The summed E-state index contributed by atoms with van der Waals surface area (Å²) < 4.78 is 35.1. The minimum Gasteiger partial charge on any atom is -0.490 e. The van der Waals surface area contributed by atoms with Gasteiger partial charge in [0.2, 0.25) is 0 Å². The molecular weight excluding hydrogens is 306 g/mol. The van der Waals surface area contributed by atoms with Crippen molar-refractivity contribution in [1.82, 2.24) is 9.97 Å². The van der Waals surface area contributed by atoms with Crippen molar-refractivity contribution in [1.29, 1.82) is 5.26 Å². The molecule has 0 saturated carbocycles. The van der Waals surface area contributed by atoms with Gasteiger partial charge < -0.3 is 14.8 Å². The molecule has 0 aliphatic carbocycles. The highest BCUT2D eigenvalue weighted by Crippen LogP contribution is 2.33. The van der Waals surface area contributed by atoms with E-state index < -0.39 is 6.61 Å². The number of hydrogen-bond acceptors (Lipinski definition) is 6. The lowest BCUT2D eigenvalue weighted by molar-refractivity contribution is -0.0520. The zero-order chi connectivity index (χ0) is 16.7. The molecule has 1 aromatic carbocycles. The average Bonchev–Trinajstić information content (AvgIpc) is 2.55. The zero-order valence-electron chi connectivity index (χ0n) is 12.3. The van der Waals surface area contributed by atoms with E-state index in [1.54, 1.807) is 25.1 Å². The quantitative estimate of drug-likeness (QED) is 0.845. The van der Waals surface area contributed by atoms with Crippen LogP contribution in [-0.2, 0) is 6.54 Å². The average molecular weight is 320 g/mol. The molecule has 0 fully saturated rings. The zero-order valence-corrected chi connectivity index (χ0v) is 12.3. The Bertz CT molecular complexity index is 687. The van der Waals surface area contributed by atoms with E-state index in [9.17, 15) is 8.78 Å². The number of nitrogens with one attached hydrogen (secondary N) is 1. The predicted octanol–water partition coefficient (Wildman–Crippen LogP) is 2.96. The third kappa shape index (κ3) is 4.51. The molecule has 2 rings (SSSR count). The molecule has 0 radical (unpaired) electrons. The minimum atomic E-state index is -2.95. The molecule has 0 saturated heterocycles. The van der Waals surface area contributed by atoms with Gasteiger partial charge in [-0.3, -0.25) is 0 Å². The molecule has 120 valence electrons. The maximum Gasteiger partial charge on any atom is 0.387 e. The van der Waals surface area contributed by atoms with Gasteiger partial charge in [-0.1, -0.05) is 12.1 Å². The third-order valence-electron chi connectivity index (χ3n) is 2.79. The summed E-state index contributed by atoms with van der Waals surface area (Å²) in [7, 11) is 0. The summed E-state index contributed by atoms with van der Waals surface area (Å²) in [5, 5.41) is 11.6. The maximum atomic E-state index is 12.6. The first-order valence-corrected chi connectivity index (χ1v) is 6.79. The number of anilines is 1. The van der Waals surface area contributed by atoms with Gasteiger partial charge in [-0.15, -0.1) is 0 Å². The van der Waals surface area contributed by atoms with Crippen LogP contribution in [-0.4, -0.2) is 23.2 Å². The number of ether oxygens (including phenoxy) is 2. The van der Waals surface area contributed by atoms with E-state index in [2.05, 4.69) is 20.0 Å². The summed E-state index contributed by atoms with van der Waals surface area (Å²) in [4.78, 5) is 7.86. The second kappa shape index (κ2) is 7.89. The van der Waals surface area contributed by atoms with E-state index in [1.165, 1.54) is 12.4 Å². The first kappa shape index (κ1) is 16.4. The first-order valence-electron chi connectivity index (χ1n) is 6.79. The van der Waals surface area contributed by atoms with Crippen LogP contribution in [0.1, 0.15) is 18.2 Å². The second-order valence-electron chi connectivity index (χ2n) is 4.31. The van der Waals surface area contributed by atoms with Gasteiger partial charge in [-0.05, 0) is 13.0 Å². The third-order valence-corrected chi connectivity index (χ3v) is 2.79. The van der Waals surface area contributed by atoms with Crippen LogP contribution in [0.3, 0.4) is 0 Å². The topological polar surface area (TPSA) is 80.1 Å². The van der Waals surface area contributed by atoms with Crippen LogP contribution in [0, 0.1) is 11.3 Å². The number of nitriles is 1. The molecule has 1 N–H and O–H groups in total. The monoisotopic (exact) mass is 320 g/mol. The summed E-state index contributed by atoms with van der Waals surface area (Å²) in [5.74, 6) is 0.644. The Morgan fingerprint density at radius 3 is 2.74 bits per heavy atom. The number of aromatic nitrogens is 2.